The number of aromatic nitrogens is 2. The molecule has 2 aromatic rings. The minimum Gasteiger partial charge on any atom is -0.375 e. The fraction of sp³-hybridized carbons (Fsp3) is 0.643. The van der Waals surface area contributed by atoms with Gasteiger partial charge in [-0.25, -0.2) is 9.97 Å². The molecule has 3 aliphatic rings. The van der Waals surface area contributed by atoms with Crippen molar-refractivity contribution in [2.45, 2.75) is 76.6 Å². The zero-order valence-corrected chi connectivity index (χ0v) is 20.9. The molecule has 0 radical (unpaired) electrons. The molecule has 0 bridgehead atoms. The van der Waals surface area contributed by atoms with Crippen molar-refractivity contribution >= 4 is 5.95 Å². The molecule has 0 amide bonds. The van der Waals surface area contributed by atoms with Crippen LogP contribution in [0.25, 0.3) is 0 Å². The summed E-state index contributed by atoms with van der Waals surface area (Å²) in [5.74, 6) is 0.919. The Morgan fingerprint density at radius 3 is 2.59 bits per heavy atom. The van der Waals surface area contributed by atoms with Gasteiger partial charge in [-0.2, -0.15) is 0 Å². The summed E-state index contributed by atoms with van der Waals surface area (Å²) in [5, 5.41) is 0. The molecule has 0 saturated carbocycles. The van der Waals surface area contributed by atoms with Crippen LogP contribution in [-0.4, -0.2) is 70.7 Å². The number of ether oxygens (including phenoxy) is 1. The quantitative estimate of drug-likeness (QED) is 0.602. The van der Waals surface area contributed by atoms with Crippen molar-refractivity contribution in [1.82, 2.24) is 19.8 Å². The molecule has 3 aliphatic heterocycles. The van der Waals surface area contributed by atoms with Crippen LogP contribution in [-0.2, 0) is 17.8 Å². The van der Waals surface area contributed by atoms with Gasteiger partial charge >= 0.3 is 0 Å². The van der Waals surface area contributed by atoms with E-state index in [1.54, 1.807) is 0 Å². The smallest absolute Gasteiger partial charge is 0.225 e. The molecule has 1 aromatic heterocycles. The van der Waals surface area contributed by atoms with Gasteiger partial charge in [0.25, 0.3) is 0 Å². The van der Waals surface area contributed by atoms with Gasteiger partial charge in [0.15, 0.2) is 0 Å². The summed E-state index contributed by atoms with van der Waals surface area (Å²) in [6, 6.07) is 13.5. The second kappa shape index (κ2) is 11.1. The molecule has 5 rings (SSSR count). The summed E-state index contributed by atoms with van der Waals surface area (Å²) in [5.41, 5.74) is 2.61. The van der Waals surface area contributed by atoms with Gasteiger partial charge in [-0.05, 0) is 63.1 Å². The van der Waals surface area contributed by atoms with Gasteiger partial charge in [-0.15, -0.1) is 0 Å². The summed E-state index contributed by atoms with van der Waals surface area (Å²) < 4.78 is 6.49. The second-order valence-corrected chi connectivity index (χ2v) is 10.4. The topological polar surface area (TPSA) is 44.7 Å². The van der Waals surface area contributed by atoms with E-state index in [4.69, 9.17) is 9.72 Å². The molecule has 3 saturated heterocycles. The maximum atomic E-state index is 6.49. The van der Waals surface area contributed by atoms with Gasteiger partial charge < -0.3 is 9.64 Å². The number of hydrogen-bond donors (Lipinski definition) is 0. The maximum absolute atomic E-state index is 6.49. The molecular weight excluding hydrogens is 422 g/mol. The van der Waals surface area contributed by atoms with E-state index in [0.29, 0.717) is 6.04 Å². The predicted molar refractivity (Wildman–Crippen MR) is 137 cm³/mol. The summed E-state index contributed by atoms with van der Waals surface area (Å²) in [6.07, 6.45) is 10.3. The highest BCUT2D eigenvalue weighted by Gasteiger charge is 2.41. The van der Waals surface area contributed by atoms with Gasteiger partial charge in [0.05, 0.1) is 11.3 Å². The van der Waals surface area contributed by atoms with E-state index in [9.17, 15) is 0 Å². The largest absolute Gasteiger partial charge is 0.375 e. The Morgan fingerprint density at radius 2 is 1.82 bits per heavy atom. The van der Waals surface area contributed by atoms with Crippen LogP contribution in [0.4, 0.5) is 5.95 Å². The Bertz CT molecular complexity index is 893. The van der Waals surface area contributed by atoms with Crippen molar-refractivity contribution in [2.75, 3.05) is 44.2 Å². The van der Waals surface area contributed by atoms with Crippen LogP contribution in [0.5, 0.6) is 0 Å². The minimum atomic E-state index is 0.0498. The Morgan fingerprint density at radius 1 is 1.03 bits per heavy atom. The molecule has 184 valence electrons. The Labute approximate surface area is 205 Å². The zero-order valence-electron chi connectivity index (χ0n) is 20.9. The maximum Gasteiger partial charge on any atom is 0.225 e. The van der Waals surface area contributed by atoms with Crippen molar-refractivity contribution in [1.29, 1.82) is 0 Å². The Kier molecular flexibility index (Phi) is 7.77. The predicted octanol–water partition coefficient (Wildman–Crippen LogP) is 4.50. The third kappa shape index (κ3) is 5.78. The lowest BCUT2D eigenvalue weighted by molar-refractivity contribution is -0.134. The highest BCUT2D eigenvalue weighted by Crippen LogP contribution is 2.37. The fourth-order valence-corrected chi connectivity index (χ4v) is 6.05. The number of likely N-dealkylation sites (tertiary alicyclic amines) is 1. The van der Waals surface area contributed by atoms with E-state index in [1.807, 2.05) is 6.20 Å². The van der Waals surface area contributed by atoms with E-state index in [0.717, 1.165) is 89.7 Å². The second-order valence-electron chi connectivity index (χ2n) is 10.4. The van der Waals surface area contributed by atoms with E-state index in [-0.39, 0.29) is 5.60 Å². The molecule has 6 heteroatoms. The van der Waals surface area contributed by atoms with Crippen LogP contribution in [0, 0.1) is 0 Å². The third-order valence-corrected chi connectivity index (χ3v) is 8.11. The van der Waals surface area contributed by atoms with Gasteiger partial charge in [0, 0.05) is 58.1 Å². The first-order chi connectivity index (χ1) is 16.7. The van der Waals surface area contributed by atoms with Crippen LogP contribution in [0.15, 0.2) is 42.6 Å². The average molecular weight is 464 g/mol. The van der Waals surface area contributed by atoms with Crippen molar-refractivity contribution in [3.8, 4) is 0 Å². The summed E-state index contributed by atoms with van der Waals surface area (Å²) in [6.45, 7) is 10.6. The summed E-state index contributed by atoms with van der Waals surface area (Å²) >= 11 is 0. The Balaban J connectivity index is 1.18. The van der Waals surface area contributed by atoms with Crippen molar-refractivity contribution in [2.24, 2.45) is 0 Å². The molecule has 6 nitrogen and oxygen atoms in total. The SMILES string of the molecule is CCN(Cc1ccnc(N2CCCCC2)n1)C1CCOC2(CCN(Cc3ccccc3)CC2)C1. The lowest BCUT2D eigenvalue weighted by Crippen LogP contribution is -2.53. The number of nitrogens with zero attached hydrogens (tertiary/aromatic N) is 5. The highest BCUT2D eigenvalue weighted by atomic mass is 16.5. The van der Waals surface area contributed by atoms with Crippen molar-refractivity contribution in [3.05, 3.63) is 53.9 Å². The standard InChI is InChI=1S/C28H41N5O/c1-2-32(23-25-11-15-29-27(30-25)33-16-7-4-8-17-33)26-12-20-34-28(21-26)13-18-31(19-14-28)22-24-9-5-3-6-10-24/h3,5-6,9-11,15,26H,2,4,7-8,12-14,16-23H2,1H3. The van der Waals surface area contributed by atoms with Gasteiger partial charge in [0.2, 0.25) is 5.95 Å². The summed E-state index contributed by atoms with van der Waals surface area (Å²) in [7, 11) is 0. The first-order valence-corrected chi connectivity index (χ1v) is 13.4. The molecule has 1 atom stereocenters. The monoisotopic (exact) mass is 463 g/mol. The number of hydrogen-bond acceptors (Lipinski definition) is 6. The lowest BCUT2D eigenvalue weighted by Gasteiger charge is -2.48. The first kappa shape index (κ1) is 23.7. The number of anilines is 1. The number of piperidine rings is 2. The molecule has 34 heavy (non-hydrogen) atoms. The summed E-state index contributed by atoms with van der Waals surface area (Å²) in [4.78, 5) is 17.1. The lowest BCUT2D eigenvalue weighted by atomic mass is 9.81. The normalized spacial score (nSPS) is 23.5. The van der Waals surface area contributed by atoms with Crippen LogP contribution in [0.1, 0.15) is 63.1 Å². The molecule has 0 N–H and O–H groups in total. The van der Waals surface area contributed by atoms with E-state index >= 15 is 0 Å². The average Bonchev–Trinajstić information content (AvgIpc) is 2.90. The van der Waals surface area contributed by atoms with Crippen molar-refractivity contribution < 1.29 is 4.74 Å². The van der Waals surface area contributed by atoms with Crippen molar-refractivity contribution in [3.63, 3.8) is 0 Å². The van der Waals surface area contributed by atoms with Crippen LogP contribution < -0.4 is 4.90 Å². The zero-order chi connectivity index (χ0) is 23.2. The van der Waals surface area contributed by atoms with Gasteiger partial charge in [-0.1, -0.05) is 37.3 Å². The molecule has 1 spiro atoms. The number of benzene rings is 1. The molecule has 1 unspecified atom stereocenters. The molecule has 1 aromatic carbocycles. The first-order valence-electron chi connectivity index (χ1n) is 13.4. The van der Waals surface area contributed by atoms with Crippen LogP contribution in [0.2, 0.25) is 0 Å². The molecule has 4 heterocycles. The van der Waals surface area contributed by atoms with E-state index in [2.05, 4.69) is 63.0 Å². The van der Waals surface area contributed by atoms with E-state index < -0.39 is 0 Å². The molecule has 0 aliphatic carbocycles. The van der Waals surface area contributed by atoms with E-state index in [1.165, 1.54) is 24.8 Å². The van der Waals surface area contributed by atoms with Gasteiger partial charge in [-0.3, -0.25) is 9.80 Å². The number of rotatable bonds is 7. The fourth-order valence-electron chi connectivity index (χ4n) is 6.05. The molecular formula is C28H41N5O. The third-order valence-electron chi connectivity index (χ3n) is 8.11. The molecule has 3 fully saturated rings. The minimum absolute atomic E-state index is 0.0498. The highest BCUT2D eigenvalue weighted by molar-refractivity contribution is 5.30. The van der Waals surface area contributed by atoms with Crippen LogP contribution >= 0.6 is 0 Å². The Hall–Kier alpha value is -2.02. The van der Waals surface area contributed by atoms with Crippen LogP contribution in [0.3, 0.4) is 0 Å². The van der Waals surface area contributed by atoms with Gasteiger partial charge in [0.1, 0.15) is 0 Å².